The summed E-state index contributed by atoms with van der Waals surface area (Å²) in [5.74, 6) is 0.0110. The van der Waals surface area contributed by atoms with Crippen LogP contribution in [0.15, 0.2) is 18.2 Å². The SMILES string of the molecule is CCCCOCCCNC(=O)c1ccc2c(c1)CNCC2. The summed E-state index contributed by atoms with van der Waals surface area (Å²) in [5, 5.41) is 6.29. The topological polar surface area (TPSA) is 50.4 Å². The molecule has 1 aromatic carbocycles. The molecule has 0 spiro atoms. The van der Waals surface area contributed by atoms with Crippen LogP contribution in [-0.4, -0.2) is 32.2 Å². The maximum atomic E-state index is 12.1. The summed E-state index contributed by atoms with van der Waals surface area (Å²) < 4.78 is 5.48. The molecule has 0 atom stereocenters. The molecule has 0 saturated carbocycles. The zero-order valence-corrected chi connectivity index (χ0v) is 12.9. The fourth-order valence-corrected chi connectivity index (χ4v) is 2.45. The van der Waals surface area contributed by atoms with Gasteiger partial charge in [-0.1, -0.05) is 19.4 Å². The van der Waals surface area contributed by atoms with Crippen LogP contribution in [0.4, 0.5) is 0 Å². The number of hydrogen-bond donors (Lipinski definition) is 2. The van der Waals surface area contributed by atoms with Crippen molar-refractivity contribution in [3.8, 4) is 0 Å². The minimum atomic E-state index is 0.0110. The van der Waals surface area contributed by atoms with Gasteiger partial charge in [0, 0.05) is 31.9 Å². The van der Waals surface area contributed by atoms with Crippen molar-refractivity contribution in [2.24, 2.45) is 0 Å². The van der Waals surface area contributed by atoms with Crippen molar-refractivity contribution in [3.05, 3.63) is 34.9 Å². The highest BCUT2D eigenvalue weighted by atomic mass is 16.5. The van der Waals surface area contributed by atoms with Gasteiger partial charge in [-0.05, 0) is 49.1 Å². The van der Waals surface area contributed by atoms with Crippen LogP contribution in [-0.2, 0) is 17.7 Å². The quantitative estimate of drug-likeness (QED) is 0.722. The van der Waals surface area contributed by atoms with Crippen LogP contribution in [0.5, 0.6) is 0 Å². The van der Waals surface area contributed by atoms with Gasteiger partial charge in [0.05, 0.1) is 0 Å². The van der Waals surface area contributed by atoms with Gasteiger partial charge < -0.3 is 15.4 Å². The van der Waals surface area contributed by atoms with Gasteiger partial charge in [0.15, 0.2) is 0 Å². The number of carbonyl (C=O) groups excluding carboxylic acids is 1. The van der Waals surface area contributed by atoms with Crippen LogP contribution >= 0.6 is 0 Å². The first-order chi connectivity index (χ1) is 10.3. The highest BCUT2D eigenvalue weighted by Gasteiger charge is 2.12. The van der Waals surface area contributed by atoms with E-state index >= 15 is 0 Å². The molecule has 1 aliphatic heterocycles. The van der Waals surface area contributed by atoms with Gasteiger partial charge in [-0.2, -0.15) is 0 Å². The molecule has 0 unspecified atom stereocenters. The lowest BCUT2D eigenvalue weighted by Crippen LogP contribution is -2.27. The van der Waals surface area contributed by atoms with Crippen molar-refractivity contribution in [2.75, 3.05) is 26.3 Å². The molecule has 116 valence electrons. The Balaban J connectivity index is 1.71. The number of hydrogen-bond acceptors (Lipinski definition) is 3. The average Bonchev–Trinajstić information content (AvgIpc) is 2.53. The summed E-state index contributed by atoms with van der Waals surface area (Å²) in [5.41, 5.74) is 3.36. The molecule has 2 N–H and O–H groups in total. The molecule has 0 radical (unpaired) electrons. The highest BCUT2D eigenvalue weighted by Crippen LogP contribution is 2.15. The van der Waals surface area contributed by atoms with Crippen LogP contribution in [0, 0.1) is 0 Å². The van der Waals surface area contributed by atoms with E-state index in [1.54, 1.807) is 0 Å². The van der Waals surface area contributed by atoms with E-state index in [-0.39, 0.29) is 5.91 Å². The average molecular weight is 290 g/mol. The first-order valence-electron chi connectivity index (χ1n) is 7.99. The van der Waals surface area contributed by atoms with Crippen LogP contribution in [0.25, 0.3) is 0 Å². The Hall–Kier alpha value is -1.39. The second-order valence-electron chi connectivity index (χ2n) is 5.49. The molecule has 1 aliphatic rings. The van der Waals surface area contributed by atoms with Crippen LogP contribution in [0.2, 0.25) is 0 Å². The highest BCUT2D eigenvalue weighted by molar-refractivity contribution is 5.94. The van der Waals surface area contributed by atoms with E-state index in [9.17, 15) is 4.79 Å². The second-order valence-corrected chi connectivity index (χ2v) is 5.49. The molecular weight excluding hydrogens is 264 g/mol. The summed E-state index contributed by atoms with van der Waals surface area (Å²) in [7, 11) is 0. The summed E-state index contributed by atoms with van der Waals surface area (Å²) in [6.07, 6.45) is 4.17. The number of rotatable bonds is 8. The van der Waals surface area contributed by atoms with Gasteiger partial charge in [-0.15, -0.1) is 0 Å². The number of nitrogens with one attached hydrogen (secondary N) is 2. The Labute approximate surface area is 127 Å². The van der Waals surface area contributed by atoms with Crippen molar-refractivity contribution in [3.63, 3.8) is 0 Å². The minimum absolute atomic E-state index is 0.0110. The van der Waals surface area contributed by atoms with Crippen molar-refractivity contribution in [2.45, 2.75) is 39.2 Å². The van der Waals surface area contributed by atoms with Gasteiger partial charge in [-0.3, -0.25) is 4.79 Å². The third-order valence-corrected chi connectivity index (χ3v) is 3.75. The van der Waals surface area contributed by atoms with E-state index in [1.807, 2.05) is 12.1 Å². The Morgan fingerprint density at radius 2 is 2.14 bits per heavy atom. The van der Waals surface area contributed by atoms with Crippen LogP contribution in [0.3, 0.4) is 0 Å². The van der Waals surface area contributed by atoms with E-state index in [0.717, 1.165) is 50.9 Å². The fraction of sp³-hybridized carbons (Fsp3) is 0.588. The lowest BCUT2D eigenvalue weighted by molar-refractivity contribution is 0.0940. The van der Waals surface area contributed by atoms with Crippen molar-refractivity contribution in [1.29, 1.82) is 0 Å². The number of carbonyl (C=O) groups is 1. The normalized spacial score (nSPS) is 13.8. The second kappa shape index (κ2) is 8.80. The van der Waals surface area contributed by atoms with E-state index in [1.165, 1.54) is 11.1 Å². The summed E-state index contributed by atoms with van der Waals surface area (Å²) in [4.78, 5) is 12.1. The Morgan fingerprint density at radius 3 is 3.00 bits per heavy atom. The van der Waals surface area contributed by atoms with Crippen molar-refractivity contribution < 1.29 is 9.53 Å². The minimum Gasteiger partial charge on any atom is -0.381 e. The third-order valence-electron chi connectivity index (χ3n) is 3.75. The molecule has 4 heteroatoms. The number of fused-ring (bicyclic) bond motifs is 1. The molecule has 1 amide bonds. The van der Waals surface area contributed by atoms with Gasteiger partial charge in [0.1, 0.15) is 0 Å². The van der Waals surface area contributed by atoms with E-state index < -0.39 is 0 Å². The van der Waals surface area contributed by atoms with E-state index in [0.29, 0.717) is 13.2 Å². The molecule has 1 heterocycles. The maximum Gasteiger partial charge on any atom is 0.251 e. The number of ether oxygens (including phenoxy) is 1. The standard InChI is InChI=1S/C17H26N2O2/c1-2-3-10-21-11-4-8-19-17(20)15-6-5-14-7-9-18-13-16(14)12-15/h5-6,12,18H,2-4,7-11,13H2,1H3,(H,19,20). The molecule has 4 nitrogen and oxygen atoms in total. The predicted molar refractivity (Wildman–Crippen MR) is 84.5 cm³/mol. The first kappa shape index (κ1) is 16.0. The van der Waals surface area contributed by atoms with Crippen LogP contribution < -0.4 is 10.6 Å². The molecule has 0 aromatic heterocycles. The monoisotopic (exact) mass is 290 g/mol. The summed E-state index contributed by atoms with van der Waals surface area (Å²) in [6, 6.07) is 6.02. The first-order valence-corrected chi connectivity index (χ1v) is 7.99. The maximum absolute atomic E-state index is 12.1. The number of amides is 1. The fourth-order valence-electron chi connectivity index (χ4n) is 2.45. The Morgan fingerprint density at radius 1 is 1.29 bits per heavy atom. The van der Waals surface area contributed by atoms with Gasteiger partial charge >= 0.3 is 0 Å². The summed E-state index contributed by atoms with van der Waals surface area (Å²) in [6.45, 7) is 6.24. The van der Waals surface area contributed by atoms with Gasteiger partial charge in [0.2, 0.25) is 0 Å². The molecule has 1 aromatic rings. The van der Waals surface area contributed by atoms with Gasteiger partial charge in [-0.25, -0.2) is 0 Å². The smallest absolute Gasteiger partial charge is 0.251 e. The third kappa shape index (κ3) is 5.14. The zero-order chi connectivity index (χ0) is 14.9. The molecular formula is C17H26N2O2. The predicted octanol–water partition coefficient (Wildman–Crippen LogP) is 2.27. The summed E-state index contributed by atoms with van der Waals surface area (Å²) >= 11 is 0. The molecule has 0 bridgehead atoms. The van der Waals surface area contributed by atoms with Crippen molar-refractivity contribution >= 4 is 5.91 Å². The van der Waals surface area contributed by atoms with E-state index in [2.05, 4.69) is 23.6 Å². The zero-order valence-electron chi connectivity index (χ0n) is 12.9. The van der Waals surface area contributed by atoms with Crippen LogP contribution in [0.1, 0.15) is 47.7 Å². The molecule has 2 rings (SSSR count). The van der Waals surface area contributed by atoms with Crippen molar-refractivity contribution in [1.82, 2.24) is 10.6 Å². The molecule has 0 aliphatic carbocycles. The molecule has 21 heavy (non-hydrogen) atoms. The number of unbranched alkanes of at least 4 members (excludes halogenated alkanes) is 1. The molecule has 0 saturated heterocycles. The van der Waals surface area contributed by atoms with Gasteiger partial charge in [0.25, 0.3) is 5.91 Å². The lowest BCUT2D eigenvalue weighted by Gasteiger charge is -2.17. The Bertz CT molecular complexity index is 460. The largest absolute Gasteiger partial charge is 0.381 e. The van der Waals surface area contributed by atoms with E-state index in [4.69, 9.17) is 4.74 Å². The number of benzene rings is 1. The molecule has 0 fully saturated rings. The lowest BCUT2D eigenvalue weighted by atomic mass is 9.98. The Kier molecular flexibility index (Phi) is 6.70.